The summed E-state index contributed by atoms with van der Waals surface area (Å²) in [6, 6.07) is 4.13. The van der Waals surface area contributed by atoms with E-state index in [4.69, 9.17) is 11.6 Å². The third-order valence-electron chi connectivity index (χ3n) is 2.83. The second-order valence-electron chi connectivity index (χ2n) is 5.56. The molecule has 4 heteroatoms. The summed E-state index contributed by atoms with van der Waals surface area (Å²) in [6.45, 7) is 8.60. The molecule has 0 spiro atoms. The van der Waals surface area contributed by atoms with Crippen LogP contribution in [0.3, 0.4) is 0 Å². The minimum Gasteiger partial charge on any atom is -0.355 e. The minimum atomic E-state index is -0.507. The maximum Gasteiger partial charge on any atom is 0.226 e. The zero-order chi connectivity index (χ0) is 13.1. The standard InChI is InChI=1S/C13H20ClNOS/c1-12(2,8-14)11(16)15-9-13(3,4)10-6-5-7-17-10/h5-7H,8-9H2,1-4H3,(H,15,16). The van der Waals surface area contributed by atoms with E-state index in [0.29, 0.717) is 12.4 Å². The van der Waals surface area contributed by atoms with E-state index in [1.807, 2.05) is 19.9 Å². The molecule has 96 valence electrons. The SMILES string of the molecule is CC(C)(CCl)C(=O)NCC(C)(C)c1cccs1. The Morgan fingerprint density at radius 1 is 1.41 bits per heavy atom. The molecule has 0 aromatic carbocycles. The van der Waals surface area contributed by atoms with Crippen molar-refractivity contribution in [1.29, 1.82) is 0 Å². The molecule has 0 saturated carbocycles. The van der Waals surface area contributed by atoms with E-state index in [9.17, 15) is 4.79 Å². The van der Waals surface area contributed by atoms with E-state index >= 15 is 0 Å². The normalized spacial score (nSPS) is 12.5. The molecular formula is C13H20ClNOS. The molecule has 0 aliphatic heterocycles. The molecule has 0 radical (unpaired) electrons. The highest BCUT2D eigenvalue weighted by Gasteiger charge is 2.29. The van der Waals surface area contributed by atoms with Gasteiger partial charge in [0, 0.05) is 22.7 Å². The van der Waals surface area contributed by atoms with Crippen LogP contribution >= 0.6 is 22.9 Å². The fourth-order valence-corrected chi connectivity index (χ4v) is 2.33. The molecule has 0 aliphatic carbocycles. The number of rotatable bonds is 5. The van der Waals surface area contributed by atoms with Crippen molar-refractivity contribution in [3.8, 4) is 0 Å². The number of halogens is 1. The van der Waals surface area contributed by atoms with Gasteiger partial charge in [0.05, 0.1) is 5.41 Å². The Kier molecular flexibility index (Phi) is 4.62. The van der Waals surface area contributed by atoms with Gasteiger partial charge in [-0.15, -0.1) is 22.9 Å². The van der Waals surface area contributed by atoms with Crippen LogP contribution in [0.25, 0.3) is 0 Å². The van der Waals surface area contributed by atoms with Gasteiger partial charge in [-0.2, -0.15) is 0 Å². The third kappa shape index (κ3) is 3.71. The maximum atomic E-state index is 11.9. The summed E-state index contributed by atoms with van der Waals surface area (Å²) in [6.07, 6.45) is 0. The second-order valence-corrected chi connectivity index (χ2v) is 6.78. The van der Waals surface area contributed by atoms with Gasteiger partial charge >= 0.3 is 0 Å². The van der Waals surface area contributed by atoms with Gasteiger partial charge in [-0.05, 0) is 25.3 Å². The number of alkyl halides is 1. The highest BCUT2D eigenvalue weighted by Crippen LogP contribution is 2.27. The van der Waals surface area contributed by atoms with Gasteiger partial charge in [-0.25, -0.2) is 0 Å². The number of carbonyl (C=O) groups is 1. The van der Waals surface area contributed by atoms with Crippen LogP contribution in [-0.2, 0) is 10.2 Å². The Balaban J connectivity index is 2.60. The number of hydrogen-bond donors (Lipinski definition) is 1. The minimum absolute atomic E-state index is 0.0112. The lowest BCUT2D eigenvalue weighted by molar-refractivity contribution is -0.128. The van der Waals surface area contributed by atoms with Crippen molar-refractivity contribution in [1.82, 2.24) is 5.32 Å². The number of nitrogens with one attached hydrogen (secondary N) is 1. The van der Waals surface area contributed by atoms with E-state index < -0.39 is 5.41 Å². The van der Waals surface area contributed by atoms with Crippen molar-refractivity contribution >= 4 is 28.8 Å². The van der Waals surface area contributed by atoms with Crippen LogP contribution in [0.5, 0.6) is 0 Å². The highest BCUT2D eigenvalue weighted by atomic mass is 35.5. The van der Waals surface area contributed by atoms with Gasteiger partial charge in [0.15, 0.2) is 0 Å². The van der Waals surface area contributed by atoms with E-state index in [1.54, 1.807) is 11.3 Å². The molecule has 0 bridgehead atoms. The zero-order valence-corrected chi connectivity index (χ0v) is 12.4. The monoisotopic (exact) mass is 273 g/mol. The molecule has 1 amide bonds. The van der Waals surface area contributed by atoms with Crippen molar-refractivity contribution in [2.24, 2.45) is 5.41 Å². The molecule has 1 N–H and O–H groups in total. The van der Waals surface area contributed by atoms with E-state index in [1.165, 1.54) is 4.88 Å². The second kappa shape index (κ2) is 5.40. The molecule has 0 aliphatic rings. The van der Waals surface area contributed by atoms with Gasteiger partial charge in [0.2, 0.25) is 5.91 Å². The Hall–Kier alpha value is -0.540. The summed E-state index contributed by atoms with van der Waals surface area (Å²) in [5.74, 6) is 0.343. The lowest BCUT2D eigenvalue weighted by Crippen LogP contribution is -2.43. The largest absolute Gasteiger partial charge is 0.355 e. The Morgan fingerprint density at radius 2 is 2.06 bits per heavy atom. The smallest absolute Gasteiger partial charge is 0.226 e. The van der Waals surface area contributed by atoms with Crippen molar-refractivity contribution < 1.29 is 4.79 Å². The van der Waals surface area contributed by atoms with Crippen molar-refractivity contribution in [3.05, 3.63) is 22.4 Å². The van der Waals surface area contributed by atoms with Crippen molar-refractivity contribution in [2.75, 3.05) is 12.4 Å². The van der Waals surface area contributed by atoms with Crippen LogP contribution in [0.4, 0.5) is 0 Å². The zero-order valence-electron chi connectivity index (χ0n) is 10.8. The first kappa shape index (κ1) is 14.5. The van der Waals surface area contributed by atoms with Crippen LogP contribution in [0.1, 0.15) is 32.6 Å². The first-order chi connectivity index (χ1) is 7.79. The van der Waals surface area contributed by atoms with Gasteiger partial charge < -0.3 is 5.32 Å². The first-order valence-electron chi connectivity index (χ1n) is 5.68. The van der Waals surface area contributed by atoms with Crippen LogP contribution in [0.15, 0.2) is 17.5 Å². The third-order valence-corrected chi connectivity index (χ3v) is 4.73. The summed E-state index contributed by atoms with van der Waals surface area (Å²) in [7, 11) is 0. The molecule has 1 aromatic heterocycles. The number of thiophene rings is 1. The van der Waals surface area contributed by atoms with Crippen molar-refractivity contribution in [2.45, 2.75) is 33.1 Å². The molecule has 0 atom stereocenters. The number of carbonyl (C=O) groups excluding carboxylic acids is 1. The van der Waals surface area contributed by atoms with E-state index in [-0.39, 0.29) is 11.3 Å². The summed E-state index contributed by atoms with van der Waals surface area (Å²) in [5, 5.41) is 5.04. The fraction of sp³-hybridized carbons (Fsp3) is 0.615. The van der Waals surface area contributed by atoms with Crippen molar-refractivity contribution in [3.63, 3.8) is 0 Å². The van der Waals surface area contributed by atoms with Crippen LogP contribution in [0.2, 0.25) is 0 Å². The molecule has 1 rings (SSSR count). The Bertz CT molecular complexity index is 371. The van der Waals surface area contributed by atoms with Gasteiger partial charge in [-0.3, -0.25) is 4.79 Å². The molecule has 1 aromatic rings. The molecule has 0 fully saturated rings. The summed E-state index contributed by atoms with van der Waals surface area (Å²) in [4.78, 5) is 13.2. The first-order valence-corrected chi connectivity index (χ1v) is 7.09. The quantitative estimate of drug-likeness (QED) is 0.819. The number of hydrogen-bond acceptors (Lipinski definition) is 2. The maximum absolute atomic E-state index is 11.9. The van der Waals surface area contributed by atoms with E-state index in [0.717, 1.165) is 0 Å². The molecule has 0 saturated heterocycles. The topological polar surface area (TPSA) is 29.1 Å². The fourth-order valence-electron chi connectivity index (χ4n) is 1.35. The van der Waals surface area contributed by atoms with Gasteiger partial charge in [0.25, 0.3) is 0 Å². The molecule has 1 heterocycles. The van der Waals surface area contributed by atoms with Crippen LogP contribution < -0.4 is 5.32 Å². The Morgan fingerprint density at radius 3 is 2.53 bits per heavy atom. The number of amides is 1. The van der Waals surface area contributed by atoms with E-state index in [2.05, 4.69) is 30.6 Å². The Labute approximate surface area is 112 Å². The predicted octanol–water partition coefficient (Wildman–Crippen LogP) is 3.41. The van der Waals surface area contributed by atoms with Crippen LogP contribution in [0, 0.1) is 5.41 Å². The predicted molar refractivity (Wildman–Crippen MR) is 74.9 cm³/mol. The average molecular weight is 274 g/mol. The van der Waals surface area contributed by atoms with Gasteiger partial charge in [-0.1, -0.05) is 19.9 Å². The van der Waals surface area contributed by atoms with Crippen LogP contribution in [-0.4, -0.2) is 18.3 Å². The molecular weight excluding hydrogens is 254 g/mol. The highest BCUT2D eigenvalue weighted by molar-refractivity contribution is 7.10. The molecule has 17 heavy (non-hydrogen) atoms. The van der Waals surface area contributed by atoms with Gasteiger partial charge in [0.1, 0.15) is 0 Å². The lowest BCUT2D eigenvalue weighted by Gasteiger charge is -2.27. The summed E-state index contributed by atoms with van der Waals surface area (Å²) in [5.41, 5.74) is -0.542. The summed E-state index contributed by atoms with van der Waals surface area (Å²) >= 11 is 7.50. The average Bonchev–Trinajstić information content (AvgIpc) is 2.80. The molecule has 2 nitrogen and oxygen atoms in total. The summed E-state index contributed by atoms with van der Waals surface area (Å²) < 4.78 is 0. The lowest BCUT2D eigenvalue weighted by atomic mass is 9.90. The molecule has 0 unspecified atom stereocenters.